The minimum absolute atomic E-state index is 0.106. The summed E-state index contributed by atoms with van der Waals surface area (Å²) in [5, 5.41) is 12.2. The molecule has 72 valence electrons. The van der Waals surface area contributed by atoms with Gasteiger partial charge in [0.25, 0.3) is 0 Å². The van der Waals surface area contributed by atoms with Crippen molar-refractivity contribution in [3.05, 3.63) is 22.9 Å². The Bertz CT molecular complexity index is 214. The van der Waals surface area contributed by atoms with Crippen molar-refractivity contribution in [1.29, 1.82) is 0 Å². The van der Waals surface area contributed by atoms with Gasteiger partial charge in [-0.2, -0.15) is 11.3 Å². The Labute approximate surface area is 81.0 Å². The lowest BCUT2D eigenvalue weighted by Gasteiger charge is -1.95. The van der Waals surface area contributed by atoms with Crippen LogP contribution in [0.4, 0.5) is 0 Å². The molecule has 0 amide bonds. The van der Waals surface area contributed by atoms with E-state index < -0.39 is 11.9 Å². The van der Waals surface area contributed by atoms with Crippen molar-refractivity contribution in [2.24, 2.45) is 5.92 Å². The predicted octanol–water partition coefficient (Wildman–Crippen LogP) is 2.04. The molecule has 1 heterocycles. The van der Waals surface area contributed by atoms with Crippen LogP contribution in [0.2, 0.25) is 0 Å². The summed E-state index contributed by atoms with van der Waals surface area (Å²) in [4.78, 5) is 19.6. The van der Waals surface area contributed by atoms with E-state index in [1.54, 1.807) is 11.3 Å². The van der Waals surface area contributed by atoms with E-state index in [2.05, 4.69) is 0 Å². The zero-order valence-electron chi connectivity index (χ0n) is 7.34. The Morgan fingerprint density at radius 1 is 1.54 bits per heavy atom. The van der Waals surface area contributed by atoms with Crippen molar-refractivity contribution in [3.63, 3.8) is 0 Å². The summed E-state index contributed by atoms with van der Waals surface area (Å²) >= 11 is 1.71. The SMILES string of the molecule is CC(CC=O)C(=O)O.c1ccsc1. The highest BCUT2D eigenvalue weighted by Crippen LogP contribution is 1.96. The molecule has 0 saturated carbocycles. The van der Waals surface area contributed by atoms with Crippen LogP contribution in [0.25, 0.3) is 0 Å². The Hall–Kier alpha value is -1.16. The Morgan fingerprint density at radius 3 is 2.23 bits per heavy atom. The number of hydrogen-bond donors (Lipinski definition) is 1. The van der Waals surface area contributed by atoms with Crippen molar-refractivity contribution >= 4 is 23.6 Å². The second-order valence-electron chi connectivity index (χ2n) is 2.43. The highest BCUT2D eigenvalue weighted by molar-refractivity contribution is 7.07. The van der Waals surface area contributed by atoms with Gasteiger partial charge in [-0.05, 0) is 10.8 Å². The first kappa shape index (κ1) is 11.8. The van der Waals surface area contributed by atoms with E-state index in [0.29, 0.717) is 6.29 Å². The highest BCUT2D eigenvalue weighted by atomic mass is 32.1. The highest BCUT2D eigenvalue weighted by Gasteiger charge is 2.07. The molecule has 0 aliphatic heterocycles. The number of hydrogen-bond acceptors (Lipinski definition) is 3. The van der Waals surface area contributed by atoms with Gasteiger partial charge in [-0.3, -0.25) is 4.79 Å². The number of rotatable bonds is 3. The third-order valence-corrected chi connectivity index (χ3v) is 1.93. The molecule has 1 rings (SSSR count). The van der Waals surface area contributed by atoms with E-state index in [-0.39, 0.29) is 6.42 Å². The van der Waals surface area contributed by atoms with Crippen LogP contribution in [0.3, 0.4) is 0 Å². The summed E-state index contributed by atoms with van der Waals surface area (Å²) in [6, 6.07) is 4.04. The molecule has 3 nitrogen and oxygen atoms in total. The summed E-state index contributed by atoms with van der Waals surface area (Å²) in [6.45, 7) is 1.50. The van der Waals surface area contributed by atoms with Crippen molar-refractivity contribution in [2.45, 2.75) is 13.3 Å². The first-order chi connectivity index (χ1) is 6.18. The average molecular weight is 200 g/mol. The van der Waals surface area contributed by atoms with E-state index >= 15 is 0 Å². The zero-order chi connectivity index (χ0) is 10.1. The third kappa shape index (κ3) is 7.21. The molecule has 13 heavy (non-hydrogen) atoms. The van der Waals surface area contributed by atoms with Gasteiger partial charge in [0.05, 0.1) is 5.92 Å². The lowest BCUT2D eigenvalue weighted by atomic mass is 10.1. The molecular weight excluding hydrogens is 188 g/mol. The average Bonchev–Trinajstić information content (AvgIpc) is 2.61. The Balaban J connectivity index is 0.000000243. The van der Waals surface area contributed by atoms with Crippen molar-refractivity contribution in [2.75, 3.05) is 0 Å². The number of carboxylic acid groups (broad SMARTS) is 1. The minimum atomic E-state index is -0.919. The number of carbonyl (C=O) groups excluding carboxylic acids is 1. The molecule has 1 unspecified atom stereocenters. The van der Waals surface area contributed by atoms with E-state index in [9.17, 15) is 9.59 Å². The van der Waals surface area contributed by atoms with Gasteiger partial charge in [-0.25, -0.2) is 0 Å². The normalized spacial score (nSPS) is 10.8. The van der Waals surface area contributed by atoms with E-state index in [0.717, 1.165) is 0 Å². The van der Waals surface area contributed by atoms with Crippen LogP contribution in [0, 0.1) is 5.92 Å². The maximum absolute atomic E-state index is 9.93. The number of aldehydes is 1. The van der Waals surface area contributed by atoms with Crippen molar-refractivity contribution < 1.29 is 14.7 Å². The lowest BCUT2D eigenvalue weighted by molar-refractivity contribution is -0.142. The fourth-order valence-electron chi connectivity index (χ4n) is 0.472. The van der Waals surface area contributed by atoms with Gasteiger partial charge in [-0.15, -0.1) is 0 Å². The predicted molar refractivity (Wildman–Crippen MR) is 51.8 cm³/mol. The fraction of sp³-hybridized carbons (Fsp3) is 0.333. The summed E-state index contributed by atoms with van der Waals surface area (Å²) in [7, 11) is 0. The molecule has 4 heteroatoms. The summed E-state index contributed by atoms with van der Waals surface area (Å²) in [5.41, 5.74) is 0. The van der Waals surface area contributed by atoms with Gasteiger partial charge in [0.1, 0.15) is 6.29 Å². The number of carbonyl (C=O) groups is 2. The molecule has 1 aromatic heterocycles. The molecule has 0 aliphatic carbocycles. The smallest absolute Gasteiger partial charge is 0.306 e. The van der Waals surface area contributed by atoms with Crippen LogP contribution in [-0.4, -0.2) is 17.4 Å². The van der Waals surface area contributed by atoms with Crippen LogP contribution in [0.5, 0.6) is 0 Å². The van der Waals surface area contributed by atoms with Crippen LogP contribution in [0.15, 0.2) is 22.9 Å². The number of thiophene rings is 1. The quantitative estimate of drug-likeness (QED) is 0.760. The van der Waals surface area contributed by atoms with Gasteiger partial charge in [0, 0.05) is 6.42 Å². The molecule has 1 N–H and O–H groups in total. The zero-order valence-corrected chi connectivity index (χ0v) is 8.16. The maximum atomic E-state index is 9.93. The lowest BCUT2D eigenvalue weighted by Crippen LogP contribution is -2.09. The largest absolute Gasteiger partial charge is 0.481 e. The monoisotopic (exact) mass is 200 g/mol. The second kappa shape index (κ2) is 7.49. The standard InChI is InChI=1S/C5H8O3.C4H4S/c1-4(2-3-6)5(7)8;1-2-4-5-3-1/h3-4H,2H2,1H3,(H,7,8);1-4H. The first-order valence-electron chi connectivity index (χ1n) is 3.82. The van der Waals surface area contributed by atoms with Gasteiger partial charge in [0.2, 0.25) is 0 Å². The molecule has 1 atom stereocenters. The summed E-state index contributed by atoms with van der Waals surface area (Å²) < 4.78 is 0. The first-order valence-corrected chi connectivity index (χ1v) is 4.76. The van der Waals surface area contributed by atoms with Crippen LogP contribution >= 0.6 is 11.3 Å². The molecule has 0 aliphatic rings. The topological polar surface area (TPSA) is 54.4 Å². The van der Waals surface area contributed by atoms with Gasteiger partial charge in [-0.1, -0.05) is 19.1 Å². The molecule has 0 fully saturated rings. The van der Waals surface area contributed by atoms with Crippen molar-refractivity contribution in [3.8, 4) is 0 Å². The molecule has 0 spiro atoms. The summed E-state index contributed by atoms with van der Waals surface area (Å²) in [6.07, 6.45) is 0.716. The van der Waals surface area contributed by atoms with Crippen LogP contribution in [-0.2, 0) is 9.59 Å². The third-order valence-electron chi connectivity index (χ3n) is 1.30. The van der Waals surface area contributed by atoms with Crippen LogP contribution < -0.4 is 0 Å². The Kier molecular flexibility index (Phi) is 6.82. The van der Waals surface area contributed by atoms with E-state index in [1.165, 1.54) is 6.92 Å². The van der Waals surface area contributed by atoms with Crippen LogP contribution in [0.1, 0.15) is 13.3 Å². The number of carboxylic acids is 1. The molecule has 1 aromatic rings. The molecular formula is C9H12O3S. The number of aliphatic carboxylic acids is 1. The summed E-state index contributed by atoms with van der Waals surface area (Å²) in [5.74, 6) is -1.45. The van der Waals surface area contributed by atoms with E-state index in [4.69, 9.17) is 5.11 Å². The Morgan fingerprint density at radius 2 is 2.08 bits per heavy atom. The van der Waals surface area contributed by atoms with E-state index in [1.807, 2.05) is 22.9 Å². The molecule has 0 bridgehead atoms. The van der Waals surface area contributed by atoms with Gasteiger partial charge >= 0.3 is 5.97 Å². The molecule has 0 saturated heterocycles. The van der Waals surface area contributed by atoms with Gasteiger partial charge in [0.15, 0.2) is 0 Å². The molecule has 0 radical (unpaired) electrons. The second-order valence-corrected chi connectivity index (χ2v) is 3.25. The molecule has 0 aromatic carbocycles. The fourth-order valence-corrected chi connectivity index (χ4v) is 0.926. The minimum Gasteiger partial charge on any atom is -0.481 e. The maximum Gasteiger partial charge on any atom is 0.306 e. The van der Waals surface area contributed by atoms with Gasteiger partial charge < -0.3 is 9.90 Å². The van der Waals surface area contributed by atoms with Crippen molar-refractivity contribution in [1.82, 2.24) is 0 Å².